The van der Waals surface area contributed by atoms with Crippen LogP contribution in [0.2, 0.25) is 0 Å². The number of hydrogen-bond acceptors (Lipinski definition) is 3. The molecule has 17 heavy (non-hydrogen) atoms. The van der Waals surface area contributed by atoms with Crippen LogP contribution >= 0.6 is 0 Å². The fourth-order valence-electron chi connectivity index (χ4n) is 2.38. The first-order valence-corrected chi connectivity index (χ1v) is 5.36. The number of aliphatic imine (C=N–C) groups is 1. The summed E-state index contributed by atoms with van der Waals surface area (Å²) in [6, 6.07) is 1.63. The van der Waals surface area contributed by atoms with Gasteiger partial charge in [0.15, 0.2) is 11.6 Å². The van der Waals surface area contributed by atoms with Crippen molar-refractivity contribution in [2.24, 2.45) is 4.99 Å². The van der Waals surface area contributed by atoms with E-state index in [1.807, 2.05) is 0 Å². The van der Waals surface area contributed by atoms with E-state index in [1.54, 1.807) is 0 Å². The van der Waals surface area contributed by atoms with Crippen molar-refractivity contribution < 1.29 is 18.7 Å². The number of halogens is 2. The van der Waals surface area contributed by atoms with Crippen LogP contribution in [0.1, 0.15) is 31.2 Å². The number of phenols is 1. The highest BCUT2D eigenvalue weighted by Gasteiger charge is 2.38. The van der Waals surface area contributed by atoms with Crippen LogP contribution in [0.25, 0.3) is 0 Å². The van der Waals surface area contributed by atoms with Crippen LogP contribution in [-0.4, -0.2) is 11.2 Å². The number of phenolic OH excluding ortho intramolecular Hbond substituents is 1. The van der Waals surface area contributed by atoms with Gasteiger partial charge in [0.05, 0.1) is 0 Å². The summed E-state index contributed by atoms with van der Waals surface area (Å²) in [5.74, 6) is -2.44. The van der Waals surface area contributed by atoms with Gasteiger partial charge in [0.1, 0.15) is 11.4 Å². The molecule has 0 amide bonds. The van der Waals surface area contributed by atoms with Crippen LogP contribution in [0.5, 0.6) is 5.75 Å². The number of aromatic hydroxyl groups is 1. The average Bonchev–Trinajstić information content (AvgIpc) is 2.73. The zero-order chi connectivity index (χ0) is 12.5. The molecule has 1 saturated carbocycles. The summed E-state index contributed by atoms with van der Waals surface area (Å²) < 4.78 is 26.7. The average molecular weight is 239 g/mol. The summed E-state index contributed by atoms with van der Waals surface area (Å²) >= 11 is 0. The molecule has 1 aromatic rings. The minimum absolute atomic E-state index is 0.0669. The van der Waals surface area contributed by atoms with Crippen molar-refractivity contribution in [1.82, 2.24) is 0 Å². The van der Waals surface area contributed by atoms with E-state index < -0.39 is 22.9 Å². The summed E-state index contributed by atoms with van der Waals surface area (Å²) in [6.45, 7) is 0. The molecule has 1 aromatic carbocycles. The van der Waals surface area contributed by atoms with Crippen molar-refractivity contribution in [3.8, 4) is 5.75 Å². The molecule has 0 saturated heterocycles. The SMILES string of the molecule is O=C=NC1(c2cc(O)c(F)cc2F)CCCC1. The second-order valence-electron chi connectivity index (χ2n) is 4.23. The van der Waals surface area contributed by atoms with Gasteiger partial charge in [-0.25, -0.2) is 13.6 Å². The molecule has 0 spiro atoms. The Morgan fingerprint density at radius 2 is 1.88 bits per heavy atom. The Labute approximate surface area is 96.8 Å². The number of hydrogen-bond donors (Lipinski definition) is 1. The summed E-state index contributed by atoms with van der Waals surface area (Å²) in [7, 11) is 0. The van der Waals surface area contributed by atoms with Gasteiger partial charge in [-0.15, -0.1) is 0 Å². The molecule has 1 aliphatic carbocycles. The maximum Gasteiger partial charge on any atom is 0.235 e. The van der Waals surface area contributed by atoms with Gasteiger partial charge < -0.3 is 5.11 Å². The van der Waals surface area contributed by atoms with Gasteiger partial charge in [-0.05, 0) is 18.9 Å². The first kappa shape index (κ1) is 11.7. The lowest BCUT2D eigenvalue weighted by Crippen LogP contribution is -2.20. The van der Waals surface area contributed by atoms with Gasteiger partial charge in [-0.1, -0.05) is 12.8 Å². The number of nitrogens with zero attached hydrogens (tertiary/aromatic N) is 1. The smallest absolute Gasteiger partial charge is 0.235 e. The zero-order valence-corrected chi connectivity index (χ0v) is 9.04. The number of rotatable bonds is 2. The summed E-state index contributed by atoms with van der Waals surface area (Å²) in [6.07, 6.45) is 4.07. The molecule has 1 aliphatic rings. The van der Waals surface area contributed by atoms with E-state index in [1.165, 1.54) is 6.08 Å². The van der Waals surface area contributed by atoms with Crippen molar-refractivity contribution in [3.05, 3.63) is 29.3 Å². The molecular formula is C12H11F2NO2. The monoisotopic (exact) mass is 239 g/mol. The predicted molar refractivity (Wildman–Crippen MR) is 56.3 cm³/mol. The van der Waals surface area contributed by atoms with E-state index in [2.05, 4.69) is 4.99 Å². The van der Waals surface area contributed by atoms with Gasteiger partial charge in [0.25, 0.3) is 0 Å². The summed E-state index contributed by atoms with van der Waals surface area (Å²) in [5, 5.41) is 9.29. The Hall–Kier alpha value is -1.74. The van der Waals surface area contributed by atoms with E-state index >= 15 is 0 Å². The second kappa shape index (κ2) is 4.26. The molecule has 2 rings (SSSR count). The third-order valence-electron chi connectivity index (χ3n) is 3.23. The molecule has 3 nitrogen and oxygen atoms in total. The molecule has 0 atom stereocenters. The summed E-state index contributed by atoms with van der Waals surface area (Å²) in [4.78, 5) is 14.1. The normalized spacial score (nSPS) is 17.8. The van der Waals surface area contributed by atoms with Crippen molar-refractivity contribution in [3.63, 3.8) is 0 Å². The minimum Gasteiger partial charge on any atom is -0.505 e. The van der Waals surface area contributed by atoms with Crippen molar-refractivity contribution >= 4 is 6.08 Å². The van der Waals surface area contributed by atoms with Crippen molar-refractivity contribution in [1.29, 1.82) is 0 Å². The maximum atomic E-state index is 13.7. The summed E-state index contributed by atoms with van der Waals surface area (Å²) in [5.41, 5.74) is -0.922. The molecule has 1 fully saturated rings. The molecule has 0 aromatic heterocycles. The molecule has 0 radical (unpaired) electrons. The zero-order valence-electron chi connectivity index (χ0n) is 9.04. The van der Waals surface area contributed by atoms with E-state index in [-0.39, 0.29) is 5.56 Å². The second-order valence-corrected chi connectivity index (χ2v) is 4.23. The lowest BCUT2D eigenvalue weighted by molar-refractivity contribution is 0.401. The number of benzene rings is 1. The lowest BCUT2D eigenvalue weighted by atomic mass is 9.88. The Balaban J connectivity index is 2.57. The molecule has 1 N–H and O–H groups in total. The lowest BCUT2D eigenvalue weighted by Gasteiger charge is -2.23. The molecule has 5 heteroatoms. The topological polar surface area (TPSA) is 49.7 Å². The van der Waals surface area contributed by atoms with Gasteiger partial charge in [0.2, 0.25) is 6.08 Å². The first-order chi connectivity index (χ1) is 8.09. The van der Waals surface area contributed by atoms with Crippen LogP contribution < -0.4 is 0 Å². The molecular weight excluding hydrogens is 228 g/mol. The quantitative estimate of drug-likeness (QED) is 0.637. The Kier molecular flexibility index (Phi) is 2.94. The Morgan fingerprint density at radius 1 is 1.24 bits per heavy atom. The van der Waals surface area contributed by atoms with Crippen LogP contribution in [0.15, 0.2) is 17.1 Å². The van der Waals surface area contributed by atoms with Crippen molar-refractivity contribution in [2.75, 3.05) is 0 Å². The Bertz CT molecular complexity index is 490. The molecule has 90 valence electrons. The number of isocyanates is 1. The Morgan fingerprint density at radius 3 is 2.47 bits per heavy atom. The third kappa shape index (κ3) is 1.94. The van der Waals surface area contributed by atoms with E-state index in [0.29, 0.717) is 18.9 Å². The van der Waals surface area contributed by atoms with E-state index in [4.69, 9.17) is 0 Å². The van der Waals surface area contributed by atoms with Crippen LogP contribution in [0.3, 0.4) is 0 Å². The molecule has 0 bridgehead atoms. The molecule has 0 aliphatic heterocycles. The van der Waals surface area contributed by atoms with E-state index in [9.17, 15) is 18.7 Å². The molecule has 0 unspecified atom stereocenters. The first-order valence-electron chi connectivity index (χ1n) is 5.36. The fourth-order valence-corrected chi connectivity index (χ4v) is 2.38. The standard InChI is InChI=1S/C12H11F2NO2/c13-9-6-10(14)11(17)5-8(9)12(15-7-16)3-1-2-4-12/h5-6,17H,1-4H2. The van der Waals surface area contributed by atoms with Crippen LogP contribution in [-0.2, 0) is 10.3 Å². The van der Waals surface area contributed by atoms with Gasteiger partial charge in [-0.2, -0.15) is 4.99 Å². The van der Waals surface area contributed by atoms with Gasteiger partial charge in [0, 0.05) is 11.6 Å². The van der Waals surface area contributed by atoms with Crippen LogP contribution in [0, 0.1) is 11.6 Å². The highest BCUT2D eigenvalue weighted by Crippen LogP contribution is 2.44. The highest BCUT2D eigenvalue weighted by molar-refractivity contribution is 5.41. The van der Waals surface area contributed by atoms with Crippen molar-refractivity contribution in [2.45, 2.75) is 31.2 Å². The van der Waals surface area contributed by atoms with E-state index in [0.717, 1.165) is 18.9 Å². The van der Waals surface area contributed by atoms with Crippen LogP contribution in [0.4, 0.5) is 8.78 Å². The molecule has 0 heterocycles. The highest BCUT2D eigenvalue weighted by atomic mass is 19.1. The van der Waals surface area contributed by atoms with Gasteiger partial charge in [-0.3, -0.25) is 0 Å². The predicted octanol–water partition coefficient (Wildman–Crippen LogP) is 2.78. The number of carbonyl (C=O) groups excluding carboxylic acids is 1. The largest absolute Gasteiger partial charge is 0.505 e. The minimum atomic E-state index is -1.02. The fraction of sp³-hybridized carbons (Fsp3) is 0.417. The third-order valence-corrected chi connectivity index (χ3v) is 3.23. The maximum absolute atomic E-state index is 13.7. The van der Waals surface area contributed by atoms with Gasteiger partial charge >= 0.3 is 0 Å².